The van der Waals surface area contributed by atoms with Crippen molar-refractivity contribution in [3.63, 3.8) is 0 Å². The van der Waals surface area contributed by atoms with Crippen LogP contribution in [0.5, 0.6) is 23.0 Å². The third kappa shape index (κ3) is 3.36. The smallest absolute Gasteiger partial charge is 0.164 e. The van der Waals surface area contributed by atoms with Crippen molar-refractivity contribution in [2.24, 2.45) is 0 Å². The summed E-state index contributed by atoms with van der Waals surface area (Å²) in [6.07, 6.45) is 0.909. The van der Waals surface area contributed by atoms with Gasteiger partial charge in [0.2, 0.25) is 0 Å². The highest BCUT2D eigenvalue weighted by atomic mass is 16.5. The van der Waals surface area contributed by atoms with Gasteiger partial charge in [-0.25, -0.2) is 0 Å². The van der Waals surface area contributed by atoms with Crippen LogP contribution in [0.1, 0.15) is 30.4 Å². The standard InChI is InChI=1S/C19H24O4/c1-6-13(14-9-7-8-10-16(14)20-2)15-11-18(22-4)19(23-5)12-17(15)21-3/h7-13H,6H2,1-5H3/t13-/m1/s1. The first-order valence-corrected chi connectivity index (χ1v) is 7.62. The molecule has 0 saturated heterocycles. The van der Waals surface area contributed by atoms with E-state index in [2.05, 4.69) is 13.0 Å². The molecule has 2 rings (SSSR count). The van der Waals surface area contributed by atoms with Crippen LogP contribution >= 0.6 is 0 Å². The van der Waals surface area contributed by atoms with E-state index in [1.807, 2.05) is 30.3 Å². The molecule has 0 amide bonds. The Bertz CT molecular complexity index is 652. The number of methoxy groups -OCH3 is 4. The summed E-state index contributed by atoms with van der Waals surface area (Å²) in [5.74, 6) is 3.14. The van der Waals surface area contributed by atoms with Gasteiger partial charge in [-0.3, -0.25) is 0 Å². The van der Waals surface area contributed by atoms with Crippen LogP contribution in [0.2, 0.25) is 0 Å². The summed E-state index contributed by atoms with van der Waals surface area (Å²) in [7, 11) is 6.61. The molecule has 0 N–H and O–H groups in total. The van der Waals surface area contributed by atoms with Crippen molar-refractivity contribution in [2.45, 2.75) is 19.3 Å². The molecule has 0 aromatic heterocycles. The van der Waals surface area contributed by atoms with E-state index in [0.29, 0.717) is 11.5 Å². The molecule has 0 aliphatic heterocycles. The second kappa shape index (κ2) is 7.77. The quantitative estimate of drug-likeness (QED) is 0.764. The van der Waals surface area contributed by atoms with Gasteiger partial charge in [-0.1, -0.05) is 25.1 Å². The predicted octanol–water partition coefficient (Wildman–Crippen LogP) is 4.26. The van der Waals surface area contributed by atoms with Gasteiger partial charge in [0.15, 0.2) is 11.5 Å². The lowest BCUT2D eigenvalue weighted by Gasteiger charge is -2.22. The van der Waals surface area contributed by atoms with Gasteiger partial charge in [0.25, 0.3) is 0 Å². The van der Waals surface area contributed by atoms with Crippen LogP contribution < -0.4 is 18.9 Å². The number of para-hydroxylation sites is 1. The summed E-state index contributed by atoms with van der Waals surface area (Å²) >= 11 is 0. The SMILES string of the molecule is CC[C@H](c1ccccc1OC)c1cc(OC)c(OC)cc1OC. The first kappa shape index (κ1) is 17.0. The Morgan fingerprint density at radius 3 is 1.83 bits per heavy atom. The van der Waals surface area contributed by atoms with Gasteiger partial charge in [0.1, 0.15) is 11.5 Å². The number of ether oxygens (including phenoxy) is 4. The van der Waals surface area contributed by atoms with Gasteiger partial charge >= 0.3 is 0 Å². The highest BCUT2D eigenvalue weighted by Gasteiger charge is 2.22. The molecule has 0 unspecified atom stereocenters. The molecule has 0 heterocycles. The average molecular weight is 316 g/mol. The monoisotopic (exact) mass is 316 g/mol. The zero-order chi connectivity index (χ0) is 16.8. The molecule has 0 aliphatic rings. The fourth-order valence-electron chi connectivity index (χ4n) is 2.89. The molecule has 0 radical (unpaired) electrons. The Labute approximate surface area is 137 Å². The molecule has 0 spiro atoms. The minimum atomic E-state index is 0.140. The Morgan fingerprint density at radius 2 is 1.26 bits per heavy atom. The molecule has 2 aromatic rings. The van der Waals surface area contributed by atoms with E-state index in [9.17, 15) is 0 Å². The van der Waals surface area contributed by atoms with Crippen LogP contribution in [0, 0.1) is 0 Å². The molecular weight excluding hydrogens is 292 g/mol. The molecule has 4 heteroatoms. The lowest BCUT2D eigenvalue weighted by Crippen LogP contribution is -2.06. The van der Waals surface area contributed by atoms with Crippen molar-refractivity contribution >= 4 is 0 Å². The van der Waals surface area contributed by atoms with Crippen LogP contribution in [0.4, 0.5) is 0 Å². The summed E-state index contributed by atoms with van der Waals surface area (Å²) in [4.78, 5) is 0. The Hall–Kier alpha value is -2.36. The first-order valence-electron chi connectivity index (χ1n) is 7.62. The minimum Gasteiger partial charge on any atom is -0.496 e. The van der Waals surface area contributed by atoms with Crippen molar-refractivity contribution in [1.82, 2.24) is 0 Å². The van der Waals surface area contributed by atoms with Crippen molar-refractivity contribution in [2.75, 3.05) is 28.4 Å². The fraction of sp³-hybridized carbons (Fsp3) is 0.368. The predicted molar refractivity (Wildman–Crippen MR) is 91.2 cm³/mol. The maximum atomic E-state index is 5.59. The zero-order valence-corrected chi connectivity index (χ0v) is 14.4. The highest BCUT2D eigenvalue weighted by molar-refractivity contribution is 5.55. The second-order valence-corrected chi connectivity index (χ2v) is 5.15. The number of hydrogen-bond donors (Lipinski definition) is 0. The van der Waals surface area contributed by atoms with Crippen LogP contribution in [0.15, 0.2) is 36.4 Å². The summed E-state index contributed by atoms with van der Waals surface area (Å²) in [6, 6.07) is 11.9. The van der Waals surface area contributed by atoms with Crippen molar-refractivity contribution in [3.05, 3.63) is 47.5 Å². The number of hydrogen-bond acceptors (Lipinski definition) is 4. The summed E-state index contributed by atoms with van der Waals surface area (Å²) in [5, 5.41) is 0. The maximum Gasteiger partial charge on any atom is 0.164 e. The Morgan fingerprint density at radius 1 is 0.696 bits per heavy atom. The van der Waals surface area contributed by atoms with Gasteiger partial charge < -0.3 is 18.9 Å². The molecular formula is C19H24O4. The van der Waals surface area contributed by atoms with Crippen LogP contribution in [0.25, 0.3) is 0 Å². The lowest BCUT2D eigenvalue weighted by atomic mass is 9.87. The van der Waals surface area contributed by atoms with Crippen LogP contribution in [0.3, 0.4) is 0 Å². The molecule has 0 aliphatic carbocycles. The van der Waals surface area contributed by atoms with Crippen LogP contribution in [-0.2, 0) is 0 Å². The topological polar surface area (TPSA) is 36.9 Å². The zero-order valence-electron chi connectivity index (χ0n) is 14.4. The van der Waals surface area contributed by atoms with Gasteiger partial charge in [-0.15, -0.1) is 0 Å². The van der Waals surface area contributed by atoms with Gasteiger partial charge in [0.05, 0.1) is 28.4 Å². The third-order valence-electron chi connectivity index (χ3n) is 4.03. The Balaban J connectivity index is 2.61. The molecule has 0 bridgehead atoms. The molecule has 4 nitrogen and oxygen atoms in total. The van der Waals surface area contributed by atoms with Crippen molar-refractivity contribution in [3.8, 4) is 23.0 Å². The van der Waals surface area contributed by atoms with E-state index in [1.165, 1.54) is 0 Å². The third-order valence-corrected chi connectivity index (χ3v) is 4.03. The molecule has 23 heavy (non-hydrogen) atoms. The summed E-state index contributed by atoms with van der Waals surface area (Å²) in [6.45, 7) is 2.15. The molecule has 2 aromatic carbocycles. The van der Waals surface area contributed by atoms with Crippen LogP contribution in [-0.4, -0.2) is 28.4 Å². The van der Waals surface area contributed by atoms with E-state index in [4.69, 9.17) is 18.9 Å². The molecule has 124 valence electrons. The second-order valence-electron chi connectivity index (χ2n) is 5.15. The molecule has 1 atom stereocenters. The average Bonchev–Trinajstić information content (AvgIpc) is 2.62. The largest absolute Gasteiger partial charge is 0.496 e. The minimum absolute atomic E-state index is 0.140. The summed E-state index contributed by atoms with van der Waals surface area (Å²) in [5.41, 5.74) is 2.18. The maximum absolute atomic E-state index is 5.59. The van der Waals surface area contributed by atoms with Crippen molar-refractivity contribution < 1.29 is 18.9 Å². The van der Waals surface area contributed by atoms with Crippen molar-refractivity contribution in [1.29, 1.82) is 0 Å². The van der Waals surface area contributed by atoms with E-state index >= 15 is 0 Å². The first-order chi connectivity index (χ1) is 11.2. The van der Waals surface area contributed by atoms with E-state index in [0.717, 1.165) is 29.0 Å². The number of benzene rings is 2. The van der Waals surface area contributed by atoms with E-state index in [1.54, 1.807) is 28.4 Å². The lowest BCUT2D eigenvalue weighted by molar-refractivity contribution is 0.346. The van der Waals surface area contributed by atoms with E-state index < -0.39 is 0 Å². The molecule has 0 saturated carbocycles. The fourth-order valence-corrected chi connectivity index (χ4v) is 2.89. The van der Waals surface area contributed by atoms with Gasteiger partial charge in [-0.2, -0.15) is 0 Å². The normalized spacial score (nSPS) is 11.7. The molecule has 0 fully saturated rings. The highest BCUT2D eigenvalue weighted by Crippen LogP contribution is 2.43. The summed E-state index contributed by atoms with van der Waals surface area (Å²) < 4.78 is 21.9. The van der Waals surface area contributed by atoms with Gasteiger partial charge in [0, 0.05) is 23.1 Å². The number of rotatable bonds is 7. The van der Waals surface area contributed by atoms with E-state index in [-0.39, 0.29) is 5.92 Å². The van der Waals surface area contributed by atoms with Gasteiger partial charge in [-0.05, 0) is 18.6 Å². The Kier molecular flexibility index (Phi) is 5.74.